The number of nitrogens with zero attached hydrogens (tertiary/aromatic N) is 5. The molecule has 0 saturated carbocycles. The maximum absolute atomic E-state index is 14.2. The van der Waals surface area contributed by atoms with E-state index in [-0.39, 0.29) is 37.5 Å². The van der Waals surface area contributed by atoms with Crippen molar-refractivity contribution in [3.63, 3.8) is 0 Å². The Kier molecular flexibility index (Phi) is 6.96. The minimum atomic E-state index is -0.364. The summed E-state index contributed by atoms with van der Waals surface area (Å²) in [6.07, 6.45) is 0. The van der Waals surface area contributed by atoms with Gasteiger partial charge in [-0.05, 0) is 41.1 Å². The molecule has 0 spiro atoms. The number of aliphatic hydroxyl groups excluding tert-OH is 2. The van der Waals surface area contributed by atoms with Crippen LogP contribution in [0.5, 0.6) is 0 Å². The van der Waals surface area contributed by atoms with Gasteiger partial charge in [-0.2, -0.15) is 5.10 Å². The molecule has 2 heterocycles. The van der Waals surface area contributed by atoms with E-state index in [2.05, 4.69) is 26.1 Å². The number of fused-ring (bicyclic) bond motifs is 2. The molecule has 0 amide bonds. The lowest BCUT2D eigenvalue weighted by Crippen LogP contribution is -2.31. The summed E-state index contributed by atoms with van der Waals surface area (Å²) in [5.41, 5.74) is 2.50. The molecule has 0 atom stereocenters. The quantitative estimate of drug-likeness (QED) is 0.252. The van der Waals surface area contributed by atoms with Crippen LogP contribution in [0.2, 0.25) is 0 Å². The van der Waals surface area contributed by atoms with Crippen LogP contribution in [0.4, 0.5) is 21.8 Å². The van der Waals surface area contributed by atoms with Crippen LogP contribution in [-0.4, -0.2) is 56.3 Å². The number of hydrogen-bond acceptors (Lipinski definition) is 7. The third kappa shape index (κ3) is 5.16. The van der Waals surface area contributed by atoms with Crippen molar-refractivity contribution in [3.05, 3.63) is 78.2 Å². The van der Waals surface area contributed by atoms with Gasteiger partial charge in [0.1, 0.15) is 11.6 Å². The van der Waals surface area contributed by atoms with E-state index in [0.717, 1.165) is 16.5 Å². The van der Waals surface area contributed by atoms with Gasteiger partial charge in [0.15, 0.2) is 11.6 Å². The van der Waals surface area contributed by atoms with Crippen LogP contribution in [0.1, 0.15) is 26.5 Å². The molecule has 3 aromatic carbocycles. The highest BCUT2D eigenvalue weighted by atomic mass is 19.1. The van der Waals surface area contributed by atoms with Crippen molar-refractivity contribution in [3.8, 4) is 5.69 Å². The second-order valence-electron chi connectivity index (χ2n) is 10.2. The van der Waals surface area contributed by atoms with Gasteiger partial charge in [0.2, 0.25) is 0 Å². The van der Waals surface area contributed by atoms with E-state index >= 15 is 0 Å². The Labute approximate surface area is 220 Å². The zero-order valence-electron chi connectivity index (χ0n) is 21.7. The van der Waals surface area contributed by atoms with Crippen LogP contribution in [0.3, 0.4) is 0 Å². The number of aromatic nitrogens is 4. The summed E-state index contributed by atoms with van der Waals surface area (Å²) in [6.45, 7) is 6.47. The summed E-state index contributed by atoms with van der Waals surface area (Å²) in [5, 5.41) is 29.7. The number of aliphatic hydroxyl groups is 2. The molecule has 3 N–H and O–H groups in total. The lowest BCUT2D eigenvalue weighted by molar-refractivity contribution is 0.281. The predicted molar refractivity (Wildman–Crippen MR) is 149 cm³/mol. The summed E-state index contributed by atoms with van der Waals surface area (Å²) in [4.78, 5) is 11.6. The van der Waals surface area contributed by atoms with Crippen molar-refractivity contribution in [1.29, 1.82) is 0 Å². The Bertz CT molecular complexity index is 1590. The average molecular weight is 515 g/mol. The lowest BCUT2D eigenvalue weighted by Gasteiger charge is -2.24. The first-order chi connectivity index (χ1) is 18.3. The Morgan fingerprint density at radius 1 is 0.868 bits per heavy atom. The van der Waals surface area contributed by atoms with E-state index < -0.39 is 0 Å². The van der Waals surface area contributed by atoms with Gasteiger partial charge in [-0.1, -0.05) is 51.1 Å². The maximum Gasteiger partial charge on any atom is 0.175 e. The Hall–Kier alpha value is -4.08. The summed E-state index contributed by atoms with van der Waals surface area (Å²) in [7, 11) is 0. The monoisotopic (exact) mass is 514 g/mol. The third-order valence-corrected chi connectivity index (χ3v) is 6.33. The van der Waals surface area contributed by atoms with Crippen molar-refractivity contribution >= 4 is 39.3 Å². The first-order valence-electron chi connectivity index (χ1n) is 12.6. The molecule has 0 bridgehead atoms. The second kappa shape index (κ2) is 10.4. The molecular formula is C29H31FN6O2. The molecule has 5 rings (SSSR count). The van der Waals surface area contributed by atoms with Gasteiger partial charge in [-0.3, -0.25) is 0 Å². The highest BCUT2D eigenvalue weighted by Crippen LogP contribution is 2.33. The zero-order chi connectivity index (χ0) is 26.9. The Morgan fingerprint density at radius 3 is 2.13 bits per heavy atom. The number of hydrogen-bond donors (Lipinski definition) is 3. The smallest absolute Gasteiger partial charge is 0.175 e. The van der Waals surface area contributed by atoms with Gasteiger partial charge in [-0.25, -0.2) is 19.0 Å². The first-order valence-corrected chi connectivity index (χ1v) is 12.6. The fourth-order valence-corrected chi connectivity index (χ4v) is 4.36. The third-order valence-electron chi connectivity index (χ3n) is 6.33. The largest absolute Gasteiger partial charge is 0.395 e. The molecule has 0 aliphatic heterocycles. The van der Waals surface area contributed by atoms with Gasteiger partial charge in [0.05, 0.1) is 35.6 Å². The van der Waals surface area contributed by atoms with Crippen molar-refractivity contribution in [2.75, 3.05) is 36.5 Å². The number of benzene rings is 3. The molecule has 2 aromatic heterocycles. The van der Waals surface area contributed by atoms with Gasteiger partial charge >= 0.3 is 0 Å². The molecule has 8 nitrogen and oxygen atoms in total. The molecular weight excluding hydrogens is 483 g/mol. The standard InChI is InChI=1S/C29H31FN6O2/c1-29(2,3)25-18-26(36(34-25)22-10-6-9-21(30)17-22)33-27-28(35(11-13-37)12-14-38)32-24-16-20-8-5-4-7-19(20)15-23(24)31-27/h4-10,15-18,37-38H,11-14H2,1-3H3,(H,31,33). The van der Waals surface area contributed by atoms with Crippen LogP contribution in [0, 0.1) is 5.82 Å². The molecule has 38 heavy (non-hydrogen) atoms. The van der Waals surface area contributed by atoms with E-state index in [0.29, 0.717) is 34.2 Å². The minimum absolute atomic E-state index is 0.119. The molecule has 0 aliphatic rings. The molecule has 0 aliphatic carbocycles. The molecule has 9 heteroatoms. The fourth-order valence-electron chi connectivity index (χ4n) is 4.36. The normalized spacial score (nSPS) is 11.8. The highest BCUT2D eigenvalue weighted by Gasteiger charge is 2.23. The van der Waals surface area contributed by atoms with Gasteiger partial charge in [0, 0.05) is 24.6 Å². The molecule has 0 unspecified atom stereocenters. The molecule has 0 radical (unpaired) electrons. The van der Waals surface area contributed by atoms with E-state index in [1.807, 2.05) is 42.5 Å². The van der Waals surface area contributed by atoms with E-state index in [1.165, 1.54) is 12.1 Å². The number of nitrogens with one attached hydrogen (secondary N) is 1. The van der Waals surface area contributed by atoms with Crippen LogP contribution in [0.15, 0.2) is 66.7 Å². The van der Waals surface area contributed by atoms with Crippen LogP contribution in [-0.2, 0) is 5.41 Å². The van der Waals surface area contributed by atoms with Crippen molar-refractivity contribution in [1.82, 2.24) is 19.7 Å². The number of rotatable bonds is 8. The Balaban J connectivity index is 1.70. The van der Waals surface area contributed by atoms with Crippen molar-refractivity contribution in [2.24, 2.45) is 0 Å². The number of anilines is 3. The average Bonchev–Trinajstić information content (AvgIpc) is 3.31. The van der Waals surface area contributed by atoms with Crippen molar-refractivity contribution < 1.29 is 14.6 Å². The lowest BCUT2D eigenvalue weighted by atomic mass is 9.92. The summed E-state index contributed by atoms with van der Waals surface area (Å²) in [6, 6.07) is 20.1. The topological polar surface area (TPSA) is 99.3 Å². The SMILES string of the molecule is CC(C)(C)c1cc(Nc2nc3cc4ccccc4cc3nc2N(CCO)CCO)n(-c2cccc(F)c2)n1. The second-order valence-corrected chi connectivity index (χ2v) is 10.2. The van der Waals surface area contributed by atoms with Gasteiger partial charge < -0.3 is 20.4 Å². The van der Waals surface area contributed by atoms with Crippen LogP contribution in [0.25, 0.3) is 27.5 Å². The summed E-state index contributed by atoms with van der Waals surface area (Å²) in [5.74, 6) is 1.15. The number of halogens is 1. The molecule has 196 valence electrons. The summed E-state index contributed by atoms with van der Waals surface area (Å²) >= 11 is 0. The van der Waals surface area contributed by atoms with E-state index in [1.54, 1.807) is 21.7 Å². The first kappa shape index (κ1) is 25.6. The van der Waals surface area contributed by atoms with Crippen molar-refractivity contribution in [2.45, 2.75) is 26.2 Å². The van der Waals surface area contributed by atoms with E-state index in [9.17, 15) is 14.6 Å². The highest BCUT2D eigenvalue weighted by molar-refractivity contribution is 5.96. The molecule has 0 fully saturated rings. The maximum atomic E-state index is 14.2. The van der Waals surface area contributed by atoms with E-state index in [4.69, 9.17) is 15.1 Å². The van der Waals surface area contributed by atoms with Crippen LogP contribution < -0.4 is 10.2 Å². The zero-order valence-corrected chi connectivity index (χ0v) is 21.7. The van der Waals surface area contributed by atoms with Crippen LogP contribution >= 0.6 is 0 Å². The Morgan fingerprint density at radius 2 is 1.53 bits per heavy atom. The van der Waals surface area contributed by atoms with Gasteiger partial charge in [-0.15, -0.1) is 0 Å². The minimum Gasteiger partial charge on any atom is -0.395 e. The molecule has 5 aromatic rings. The van der Waals surface area contributed by atoms with Gasteiger partial charge in [0.25, 0.3) is 0 Å². The predicted octanol–water partition coefficient (Wildman–Crippen LogP) is 4.94. The fraction of sp³-hybridized carbons (Fsp3) is 0.276. The summed E-state index contributed by atoms with van der Waals surface area (Å²) < 4.78 is 15.8. The molecule has 0 saturated heterocycles.